The van der Waals surface area contributed by atoms with Gasteiger partial charge in [0.25, 0.3) is 0 Å². The number of benzene rings is 1. The lowest BCUT2D eigenvalue weighted by Crippen LogP contribution is -2.44. The minimum absolute atomic E-state index is 0.0287. The molecule has 0 saturated carbocycles. The molecule has 9 heteroatoms. The maximum absolute atomic E-state index is 11.3. The number of anilines is 1. The third-order valence-electron chi connectivity index (χ3n) is 4.08. The molecular formula is C20H27N3O5S. The van der Waals surface area contributed by atoms with E-state index in [4.69, 9.17) is 19.7 Å². The number of hydrogen-bond acceptors (Lipinski definition) is 8. The Morgan fingerprint density at radius 3 is 2.31 bits per heavy atom. The molecule has 3 N–H and O–H groups in total. The van der Waals surface area contributed by atoms with Gasteiger partial charge in [0.1, 0.15) is 23.8 Å². The van der Waals surface area contributed by atoms with E-state index in [9.17, 15) is 4.79 Å². The monoisotopic (exact) mass is 421 g/mol. The van der Waals surface area contributed by atoms with Crippen LogP contribution in [0.5, 0.6) is 0 Å². The summed E-state index contributed by atoms with van der Waals surface area (Å²) < 4.78 is 8.03. The average molecular weight is 422 g/mol. The molecule has 1 aliphatic rings. The molecule has 2 heterocycles. The van der Waals surface area contributed by atoms with E-state index in [0.29, 0.717) is 12.8 Å². The number of nitrogens with one attached hydrogen (secondary N) is 1. The van der Waals surface area contributed by atoms with E-state index in [1.165, 1.54) is 11.0 Å². The Morgan fingerprint density at radius 2 is 1.83 bits per heavy atom. The lowest BCUT2D eigenvalue weighted by atomic mass is 10.1. The highest BCUT2D eigenvalue weighted by Crippen LogP contribution is 2.32. The van der Waals surface area contributed by atoms with Gasteiger partial charge < -0.3 is 14.6 Å². The second kappa shape index (κ2) is 13.6. The summed E-state index contributed by atoms with van der Waals surface area (Å²) in [5, 5.41) is 15.1. The fourth-order valence-corrected chi connectivity index (χ4v) is 3.64. The lowest BCUT2D eigenvalue weighted by Gasteiger charge is -2.37. The standard InChI is InChI=1S/C17H21N3O2S.C3H4O.H2O2/c1-13-3-8-17(22-13)16-11-20(10-9-19(16)12-21)23-15-6-4-14(18-2)5-7-15;1-2-3-4;1-2/h3-8,12,16,18H,9-11H2,1-2H3;2-3H,1H2;1-2H. The van der Waals surface area contributed by atoms with Crippen molar-refractivity contribution in [2.24, 2.45) is 0 Å². The maximum atomic E-state index is 11.3. The van der Waals surface area contributed by atoms with Crippen molar-refractivity contribution in [3.05, 3.63) is 60.6 Å². The first kappa shape index (κ1) is 24.4. The van der Waals surface area contributed by atoms with Gasteiger partial charge in [-0.1, -0.05) is 6.58 Å². The number of carbonyl (C=O) groups excluding carboxylic acids is 2. The lowest BCUT2D eigenvalue weighted by molar-refractivity contribution is -0.176. The molecule has 1 aromatic carbocycles. The number of allylic oxidation sites excluding steroid dienone is 1. The van der Waals surface area contributed by atoms with Gasteiger partial charge in [0.15, 0.2) is 0 Å². The molecule has 1 atom stereocenters. The van der Waals surface area contributed by atoms with Gasteiger partial charge in [-0.05, 0) is 61.3 Å². The third-order valence-corrected chi connectivity index (χ3v) is 5.16. The molecular weight excluding hydrogens is 394 g/mol. The SMILES string of the molecule is C=CC=O.CNc1ccc(SN2CCN(C=O)C(c3ccc(C)o3)C2)cc1.OO. The van der Waals surface area contributed by atoms with E-state index in [1.54, 1.807) is 11.9 Å². The highest BCUT2D eigenvalue weighted by molar-refractivity contribution is 7.97. The van der Waals surface area contributed by atoms with Gasteiger partial charge in [-0.15, -0.1) is 0 Å². The fourth-order valence-electron chi connectivity index (χ4n) is 2.70. The predicted octanol–water partition coefficient (Wildman–Crippen LogP) is 3.54. The van der Waals surface area contributed by atoms with E-state index in [-0.39, 0.29) is 6.04 Å². The number of furan rings is 1. The quantitative estimate of drug-likeness (QED) is 0.214. The minimum atomic E-state index is -0.0287. The first-order valence-electron chi connectivity index (χ1n) is 8.85. The Bertz CT molecular complexity index is 745. The van der Waals surface area contributed by atoms with Crippen molar-refractivity contribution in [2.75, 3.05) is 32.0 Å². The fraction of sp³-hybridized carbons (Fsp3) is 0.300. The van der Waals surface area contributed by atoms with Crippen LogP contribution >= 0.6 is 11.9 Å². The molecule has 3 rings (SSSR count). The molecule has 1 unspecified atom stereocenters. The Hall–Kier alpha value is -2.59. The molecule has 0 aliphatic carbocycles. The Balaban J connectivity index is 0.000000627. The third kappa shape index (κ3) is 7.74. The number of aryl methyl sites for hydroxylation is 1. The minimum Gasteiger partial charge on any atom is -0.464 e. The molecule has 0 radical (unpaired) electrons. The second-order valence-corrected chi connectivity index (χ2v) is 7.10. The van der Waals surface area contributed by atoms with Gasteiger partial charge in [-0.3, -0.25) is 20.1 Å². The number of hydrogen-bond donors (Lipinski definition) is 3. The Labute approximate surface area is 174 Å². The highest BCUT2D eigenvalue weighted by atomic mass is 32.2. The number of rotatable bonds is 6. The molecule has 1 aromatic heterocycles. The zero-order valence-corrected chi connectivity index (χ0v) is 17.3. The van der Waals surface area contributed by atoms with Crippen molar-refractivity contribution in [2.45, 2.75) is 17.9 Å². The van der Waals surface area contributed by atoms with Crippen LogP contribution in [-0.2, 0) is 9.59 Å². The number of aldehydes is 1. The highest BCUT2D eigenvalue weighted by Gasteiger charge is 2.30. The maximum Gasteiger partial charge on any atom is 0.210 e. The van der Waals surface area contributed by atoms with Crippen LogP contribution in [0.4, 0.5) is 5.69 Å². The molecule has 1 fully saturated rings. The zero-order valence-electron chi connectivity index (χ0n) is 16.5. The van der Waals surface area contributed by atoms with Gasteiger partial charge in [0, 0.05) is 37.3 Å². The van der Waals surface area contributed by atoms with Crippen LogP contribution in [0.25, 0.3) is 0 Å². The molecule has 0 bridgehead atoms. The van der Waals surface area contributed by atoms with Crippen LogP contribution in [0.2, 0.25) is 0 Å². The van der Waals surface area contributed by atoms with Gasteiger partial charge in [-0.25, -0.2) is 4.31 Å². The molecule has 8 nitrogen and oxygen atoms in total. The smallest absolute Gasteiger partial charge is 0.210 e. The topological polar surface area (TPSA) is 106 Å². The normalized spacial score (nSPS) is 15.9. The van der Waals surface area contributed by atoms with E-state index < -0.39 is 0 Å². The van der Waals surface area contributed by atoms with Crippen molar-refractivity contribution < 1.29 is 24.5 Å². The number of amides is 1. The first-order valence-corrected chi connectivity index (χ1v) is 9.63. The molecule has 1 amide bonds. The zero-order chi connectivity index (χ0) is 21.6. The van der Waals surface area contributed by atoms with Crippen molar-refractivity contribution in [1.29, 1.82) is 0 Å². The van der Waals surface area contributed by atoms with Gasteiger partial charge in [-0.2, -0.15) is 0 Å². The molecule has 29 heavy (non-hydrogen) atoms. The molecule has 2 aromatic rings. The van der Waals surface area contributed by atoms with Crippen LogP contribution in [0.1, 0.15) is 17.6 Å². The number of nitrogens with zero attached hydrogens (tertiary/aromatic N) is 2. The van der Waals surface area contributed by atoms with E-state index in [1.807, 2.05) is 31.0 Å². The molecule has 1 saturated heterocycles. The largest absolute Gasteiger partial charge is 0.464 e. The van der Waals surface area contributed by atoms with Crippen LogP contribution in [0.3, 0.4) is 0 Å². The van der Waals surface area contributed by atoms with E-state index >= 15 is 0 Å². The van der Waals surface area contributed by atoms with E-state index in [0.717, 1.165) is 36.7 Å². The summed E-state index contributed by atoms with van der Waals surface area (Å²) in [5.74, 6) is 1.73. The van der Waals surface area contributed by atoms with Crippen LogP contribution < -0.4 is 5.32 Å². The summed E-state index contributed by atoms with van der Waals surface area (Å²) in [4.78, 5) is 23.4. The predicted molar refractivity (Wildman–Crippen MR) is 114 cm³/mol. The van der Waals surface area contributed by atoms with Crippen molar-refractivity contribution in [3.63, 3.8) is 0 Å². The number of carbonyl (C=O) groups is 2. The summed E-state index contributed by atoms with van der Waals surface area (Å²) in [6.45, 7) is 7.33. The molecule has 0 spiro atoms. The van der Waals surface area contributed by atoms with Crippen LogP contribution in [-0.4, -0.2) is 59.1 Å². The molecule has 1 aliphatic heterocycles. The summed E-state index contributed by atoms with van der Waals surface area (Å²) in [6, 6.07) is 12.2. The van der Waals surface area contributed by atoms with Gasteiger partial charge in [0.2, 0.25) is 6.41 Å². The Kier molecular flexibility index (Phi) is 11.4. The van der Waals surface area contributed by atoms with Gasteiger partial charge >= 0.3 is 0 Å². The second-order valence-electron chi connectivity index (χ2n) is 5.93. The van der Waals surface area contributed by atoms with E-state index in [2.05, 4.69) is 40.5 Å². The van der Waals surface area contributed by atoms with Gasteiger partial charge in [0.05, 0.1) is 0 Å². The number of piperazine rings is 1. The van der Waals surface area contributed by atoms with Crippen LogP contribution in [0, 0.1) is 6.92 Å². The summed E-state index contributed by atoms with van der Waals surface area (Å²) >= 11 is 1.72. The van der Waals surface area contributed by atoms with Crippen molar-refractivity contribution in [1.82, 2.24) is 9.21 Å². The van der Waals surface area contributed by atoms with Crippen molar-refractivity contribution >= 4 is 30.3 Å². The first-order chi connectivity index (χ1) is 14.1. The Morgan fingerprint density at radius 1 is 1.17 bits per heavy atom. The van der Waals surface area contributed by atoms with Crippen molar-refractivity contribution in [3.8, 4) is 0 Å². The summed E-state index contributed by atoms with van der Waals surface area (Å²) in [5.41, 5.74) is 1.10. The summed E-state index contributed by atoms with van der Waals surface area (Å²) in [6.07, 6.45) is 2.76. The average Bonchev–Trinajstić information content (AvgIpc) is 3.22. The summed E-state index contributed by atoms with van der Waals surface area (Å²) in [7, 11) is 1.91. The van der Waals surface area contributed by atoms with Crippen LogP contribution in [0.15, 0.2) is 58.4 Å². The molecule has 158 valence electrons.